The topological polar surface area (TPSA) is 76.1 Å². The molecule has 0 aromatic heterocycles. The average Bonchev–Trinajstić information content (AvgIpc) is 2.72. The third kappa shape index (κ3) is 5.02. The Bertz CT molecular complexity index is 778. The van der Waals surface area contributed by atoms with Crippen LogP contribution in [0.25, 0.3) is 0 Å². The van der Waals surface area contributed by atoms with Crippen molar-refractivity contribution in [3.63, 3.8) is 0 Å². The van der Waals surface area contributed by atoms with E-state index < -0.39 is 0 Å². The molecular weight excluding hydrogens is 369 g/mol. The van der Waals surface area contributed by atoms with Gasteiger partial charge in [0.2, 0.25) is 5.91 Å². The SMILES string of the molecule is BC(=O)c1c(O)cccc1OC[C@@H]1COCCN1C(=O)C1CCCC=C1CCC. The summed E-state index contributed by atoms with van der Waals surface area (Å²) in [6.07, 6.45) is 7.24. The molecule has 1 heterocycles. The van der Waals surface area contributed by atoms with E-state index in [4.69, 9.17) is 9.47 Å². The number of carbonyl (C=O) groups is 2. The molecule has 1 aromatic carbocycles. The van der Waals surface area contributed by atoms with E-state index in [2.05, 4.69) is 13.0 Å². The molecule has 2 aliphatic rings. The van der Waals surface area contributed by atoms with Crippen LogP contribution in [-0.4, -0.2) is 61.8 Å². The fraction of sp³-hybridized carbons (Fsp3) is 0.545. The molecule has 0 bridgehead atoms. The molecule has 1 aromatic rings. The summed E-state index contributed by atoms with van der Waals surface area (Å²) in [6.45, 7) is 3.83. The number of nitrogens with zero attached hydrogens (tertiary/aromatic N) is 1. The molecule has 1 saturated heterocycles. The minimum atomic E-state index is -0.262. The Morgan fingerprint density at radius 2 is 2.21 bits per heavy atom. The van der Waals surface area contributed by atoms with Crippen molar-refractivity contribution in [3.8, 4) is 11.5 Å². The van der Waals surface area contributed by atoms with Crippen molar-refractivity contribution in [1.82, 2.24) is 4.90 Å². The molecule has 7 heteroatoms. The van der Waals surface area contributed by atoms with Crippen LogP contribution in [0.5, 0.6) is 11.5 Å². The predicted molar refractivity (Wildman–Crippen MR) is 113 cm³/mol. The van der Waals surface area contributed by atoms with E-state index in [0.717, 1.165) is 32.1 Å². The van der Waals surface area contributed by atoms with Crippen LogP contribution in [0.15, 0.2) is 29.8 Å². The van der Waals surface area contributed by atoms with Gasteiger partial charge in [-0.15, -0.1) is 0 Å². The molecule has 1 aliphatic carbocycles. The minimum Gasteiger partial charge on any atom is -0.507 e. The van der Waals surface area contributed by atoms with Gasteiger partial charge in [-0.25, -0.2) is 0 Å². The van der Waals surface area contributed by atoms with Gasteiger partial charge < -0.3 is 24.3 Å². The van der Waals surface area contributed by atoms with Crippen LogP contribution in [0.4, 0.5) is 0 Å². The zero-order chi connectivity index (χ0) is 20.8. The second-order valence-electron chi connectivity index (χ2n) is 7.79. The summed E-state index contributed by atoms with van der Waals surface area (Å²) in [4.78, 5) is 27.1. The molecule has 2 atom stereocenters. The molecule has 29 heavy (non-hydrogen) atoms. The van der Waals surface area contributed by atoms with E-state index in [1.54, 1.807) is 12.1 Å². The third-order valence-corrected chi connectivity index (χ3v) is 5.69. The summed E-state index contributed by atoms with van der Waals surface area (Å²) in [7, 11) is 1.39. The number of carbonyl (C=O) groups excluding carboxylic acids is 2. The van der Waals surface area contributed by atoms with E-state index in [1.165, 1.54) is 19.5 Å². The first-order valence-electron chi connectivity index (χ1n) is 10.6. The van der Waals surface area contributed by atoms with Crippen LogP contribution in [-0.2, 0) is 9.53 Å². The molecular formula is C22H30BNO5. The fourth-order valence-corrected chi connectivity index (χ4v) is 4.25. The molecule has 1 amide bonds. The smallest absolute Gasteiger partial charge is 0.230 e. The van der Waals surface area contributed by atoms with Crippen LogP contribution in [0, 0.1) is 5.92 Å². The molecule has 1 aliphatic heterocycles. The molecule has 6 nitrogen and oxygen atoms in total. The Kier molecular flexibility index (Phi) is 7.37. The van der Waals surface area contributed by atoms with Crippen molar-refractivity contribution in [2.24, 2.45) is 5.92 Å². The molecule has 1 unspecified atom stereocenters. The van der Waals surface area contributed by atoms with Gasteiger partial charge >= 0.3 is 0 Å². The monoisotopic (exact) mass is 399 g/mol. The van der Waals surface area contributed by atoms with Crippen LogP contribution >= 0.6 is 0 Å². The number of hydrogen-bond donors (Lipinski definition) is 1. The van der Waals surface area contributed by atoms with Gasteiger partial charge in [-0.2, -0.15) is 0 Å². The summed E-state index contributed by atoms with van der Waals surface area (Å²) >= 11 is 0. The summed E-state index contributed by atoms with van der Waals surface area (Å²) in [5.41, 5.74) is 1.17. The number of benzene rings is 1. The van der Waals surface area contributed by atoms with Crippen molar-refractivity contribution in [3.05, 3.63) is 35.4 Å². The standard InChI is InChI=1S/C22H30BNO5/c1-2-6-15-7-3-4-8-17(15)22(27)24-11-12-28-13-16(24)14-29-19-10-5-9-18(25)20(19)21(23)26/h5,7,9-10,16-17,25H,2-4,6,8,11-14,23H2,1H3/t16-,17?/m0/s1. The lowest BCUT2D eigenvalue weighted by Crippen LogP contribution is -2.53. The van der Waals surface area contributed by atoms with Crippen molar-refractivity contribution in [2.75, 3.05) is 26.4 Å². The maximum Gasteiger partial charge on any atom is 0.230 e. The summed E-state index contributed by atoms with van der Waals surface area (Å²) in [5, 5.41) is 9.99. The van der Waals surface area contributed by atoms with Crippen LogP contribution in [0.1, 0.15) is 49.4 Å². The molecule has 1 N–H and O–H groups in total. The predicted octanol–water partition coefficient (Wildman–Crippen LogP) is 2.30. The zero-order valence-electron chi connectivity index (χ0n) is 17.4. The second-order valence-corrected chi connectivity index (χ2v) is 7.79. The second kappa shape index (κ2) is 9.97. The van der Waals surface area contributed by atoms with Crippen LogP contribution in [0.2, 0.25) is 0 Å². The average molecular weight is 399 g/mol. The zero-order valence-corrected chi connectivity index (χ0v) is 17.4. The third-order valence-electron chi connectivity index (χ3n) is 5.69. The maximum atomic E-state index is 13.4. The Labute approximate surface area is 173 Å². The highest BCUT2D eigenvalue weighted by Gasteiger charge is 2.34. The Balaban J connectivity index is 1.73. The van der Waals surface area contributed by atoms with Gasteiger partial charge in [0.25, 0.3) is 0 Å². The Morgan fingerprint density at radius 3 is 2.97 bits per heavy atom. The van der Waals surface area contributed by atoms with E-state index in [9.17, 15) is 14.7 Å². The van der Waals surface area contributed by atoms with Gasteiger partial charge in [0.15, 0.2) is 7.85 Å². The molecule has 3 rings (SSSR count). The van der Waals surface area contributed by atoms with Gasteiger partial charge in [-0.05, 0) is 37.8 Å². The number of aromatic hydroxyl groups is 1. The number of rotatable bonds is 7. The van der Waals surface area contributed by atoms with Gasteiger partial charge in [0, 0.05) is 6.54 Å². The first kappa shape index (κ1) is 21.4. The van der Waals surface area contributed by atoms with Crippen LogP contribution in [0.3, 0.4) is 0 Å². The molecule has 1 fully saturated rings. The normalized spacial score (nSPS) is 22.1. The number of phenols is 1. The quantitative estimate of drug-likeness (QED) is 0.563. The highest BCUT2D eigenvalue weighted by Crippen LogP contribution is 2.31. The number of phenolic OH excluding ortho intramolecular Hbond substituents is 1. The van der Waals surface area contributed by atoms with Crippen molar-refractivity contribution in [2.45, 2.75) is 45.1 Å². The first-order valence-corrected chi connectivity index (χ1v) is 10.6. The number of amides is 1. The summed E-state index contributed by atoms with van der Waals surface area (Å²) in [6, 6.07) is 4.55. The van der Waals surface area contributed by atoms with E-state index >= 15 is 0 Å². The molecule has 156 valence electrons. The van der Waals surface area contributed by atoms with Gasteiger partial charge in [-0.3, -0.25) is 4.79 Å². The molecule has 0 radical (unpaired) electrons. The first-order chi connectivity index (χ1) is 14.0. The van der Waals surface area contributed by atoms with Gasteiger partial charge in [-0.1, -0.05) is 31.1 Å². The van der Waals surface area contributed by atoms with Crippen molar-refractivity contribution in [1.29, 1.82) is 0 Å². The van der Waals surface area contributed by atoms with Crippen molar-refractivity contribution >= 4 is 19.4 Å². The highest BCUT2D eigenvalue weighted by molar-refractivity contribution is 6.63. The lowest BCUT2D eigenvalue weighted by atomic mass is 9.84. The number of ether oxygens (including phenoxy) is 2. The Hall–Kier alpha value is -2.28. The minimum absolute atomic E-state index is 0.0437. The van der Waals surface area contributed by atoms with E-state index in [1.807, 2.05) is 4.90 Å². The largest absolute Gasteiger partial charge is 0.507 e. The molecule has 0 spiro atoms. The Morgan fingerprint density at radius 1 is 1.38 bits per heavy atom. The van der Waals surface area contributed by atoms with Gasteiger partial charge in [0.1, 0.15) is 23.8 Å². The number of allylic oxidation sites excluding steroid dienone is 1. The molecule has 0 saturated carbocycles. The number of morpholine rings is 1. The number of hydrogen-bond acceptors (Lipinski definition) is 5. The maximum absolute atomic E-state index is 13.4. The summed E-state index contributed by atoms with van der Waals surface area (Å²) in [5.74, 6) is 0.348. The van der Waals surface area contributed by atoms with E-state index in [-0.39, 0.29) is 41.5 Å². The van der Waals surface area contributed by atoms with Crippen LogP contribution < -0.4 is 4.74 Å². The summed E-state index contributed by atoms with van der Waals surface area (Å²) < 4.78 is 11.5. The lowest BCUT2D eigenvalue weighted by molar-refractivity contribution is -0.144. The van der Waals surface area contributed by atoms with Gasteiger partial charge in [0.05, 0.1) is 30.7 Å². The lowest BCUT2D eigenvalue weighted by Gasteiger charge is -2.38. The van der Waals surface area contributed by atoms with E-state index in [0.29, 0.717) is 25.5 Å². The fourth-order valence-electron chi connectivity index (χ4n) is 4.25. The highest BCUT2D eigenvalue weighted by atomic mass is 16.5. The van der Waals surface area contributed by atoms with Crippen molar-refractivity contribution < 1.29 is 24.2 Å².